The van der Waals surface area contributed by atoms with Gasteiger partial charge in [0.05, 0.1) is 6.54 Å². The summed E-state index contributed by atoms with van der Waals surface area (Å²) in [5.74, 6) is -0.737. The molecule has 1 rings (SSSR count). The molecular weight excluding hydrogens is 192 g/mol. The third kappa shape index (κ3) is 3.47. The first-order chi connectivity index (χ1) is 7.04. The molecule has 0 aliphatic carbocycles. The van der Waals surface area contributed by atoms with Gasteiger partial charge in [0.25, 0.3) is 0 Å². The molecule has 1 aliphatic rings. The van der Waals surface area contributed by atoms with Crippen molar-refractivity contribution >= 4 is 5.97 Å². The Morgan fingerprint density at radius 1 is 1.67 bits per heavy atom. The van der Waals surface area contributed by atoms with Gasteiger partial charge in [-0.1, -0.05) is 6.92 Å². The van der Waals surface area contributed by atoms with Gasteiger partial charge in [-0.15, -0.1) is 0 Å². The molecule has 1 N–H and O–H groups in total. The molecule has 4 heteroatoms. The first kappa shape index (κ1) is 12.5. The van der Waals surface area contributed by atoms with Crippen LogP contribution in [0.25, 0.3) is 0 Å². The number of hydrogen-bond acceptors (Lipinski definition) is 3. The van der Waals surface area contributed by atoms with E-state index in [0.717, 1.165) is 25.9 Å². The molecule has 0 radical (unpaired) electrons. The van der Waals surface area contributed by atoms with Crippen LogP contribution >= 0.6 is 0 Å². The number of hydrogen-bond donors (Lipinski definition) is 1. The molecule has 1 heterocycles. The molecule has 1 aliphatic heterocycles. The fraction of sp³-hybridized carbons (Fsp3) is 0.909. The van der Waals surface area contributed by atoms with Gasteiger partial charge in [-0.25, -0.2) is 0 Å². The topological polar surface area (TPSA) is 43.8 Å². The lowest BCUT2D eigenvalue weighted by atomic mass is 10.2. The minimum absolute atomic E-state index is 0.152. The quantitative estimate of drug-likeness (QED) is 0.737. The molecule has 4 nitrogen and oxygen atoms in total. The number of likely N-dealkylation sites (tertiary alicyclic amines) is 1. The average Bonchev–Trinajstić information content (AvgIpc) is 2.64. The van der Waals surface area contributed by atoms with Crippen LogP contribution in [-0.4, -0.2) is 59.6 Å². The van der Waals surface area contributed by atoms with Gasteiger partial charge in [0.2, 0.25) is 0 Å². The second kappa shape index (κ2) is 5.47. The number of aliphatic carboxylic acids is 1. The van der Waals surface area contributed by atoms with Gasteiger partial charge in [0.1, 0.15) is 0 Å². The molecule has 0 aromatic heterocycles. The van der Waals surface area contributed by atoms with Crippen LogP contribution in [0.2, 0.25) is 0 Å². The van der Waals surface area contributed by atoms with Gasteiger partial charge in [-0.05, 0) is 26.8 Å². The zero-order valence-electron chi connectivity index (χ0n) is 9.94. The van der Waals surface area contributed by atoms with Crippen LogP contribution in [0.15, 0.2) is 0 Å². The standard InChI is InChI=1S/C11H22N2O2/c1-4-9(2)13-6-5-10(7-13)12(3)8-11(14)15/h9-10H,4-8H2,1-3H3,(H,14,15). The Balaban J connectivity index is 2.38. The van der Waals surface area contributed by atoms with Crippen LogP contribution in [0.5, 0.6) is 0 Å². The van der Waals surface area contributed by atoms with Gasteiger partial charge in [0, 0.05) is 25.2 Å². The largest absolute Gasteiger partial charge is 0.480 e. The third-order valence-corrected chi connectivity index (χ3v) is 3.42. The number of likely N-dealkylation sites (N-methyl/N-ethyl adjacent to an activating group) is 1. The predicted octanol–water partition coefficient (Wildman–Crippen LogP) is 0.876. The molecule has 0 amide bonds. The van der Waals surface area contributed by atoms with Crippen molar-refractivity contribution in [3.63, 3.8) is 0 Å². The summed E-state index contributed by atoms with van der Waals surface area (Å²) in [6.07, 6.45) is 2.25. The van der Waals surface area contributed by atoms with Crippen molar-refractivity contribution in [2.75, 3.05) is 26.7 Å². The van der Waals surface area contributed by atoms with Crippen molar-refractivity contribution in [3.05, 3.63) is 0 Å². The van der Waals surface area contributed by atoms with Crippen molar-refractivity contribution in [3.8, 4) is 0 Å². The second-order valence-corrected chi connectivity index (χ2v) is 4.50. The van der Waals surface area contributed by atoms with Crippen molar-refractivity contribution in [1.82, 2.24) is 9.80 Å². The summed E-state index contributed by atoms with van der Waals surface area (Å²) in [6, 6.07) is 1.03. The summed E-state index contributed by atoms with van der Waals surface area (Å²) in [6.45, 7) is 6.69. The van der Waals surface area contributed by atoms with Gasteiger partial charge in [-0.3, -0.25) is 14.6 Å². The molecule has 0 spiro atoms. The summed E-state index contributed by atoms with van der Waals surface area (Å²) in [5, 5.41) is 8.71. The first-order valence-corrected chi connectivity index (χ1v) is 5.70. The minimum Gasteiger partial charge on any atom is -0.480 e. The van der Waals surface area contributed by atoms with E-state index in [0.29, 0.717) is 12.1 Å². The Bertz CT molecular complexity index is 221. The molecular formula is C11H22N2O2. The Hall–Kier alpha value is -0.610. The Kier molecular flexibility index (Phi) is 4.54. The molecule has 88 valence electrons. The SMILES string of the molecule is CCC(C)N1CCC(N(C)CC(=O)O)C1. The number of carboxylic acid groups (broad SMARTS) is 1. The maximum absolute atomic E-state index is 10.6. The highest BCUT2D eigenvalue weighted by atomic mass is 16.4. The molecule has 15 heavy (non-hydrogen) atoms. The minimum atomic E-state index is -0.737. The van der Waals surface area contributed by atoms with Crippen LogP contribution in [0.4, 0.5) is 0 Å². The summed E-state index contributed by atoms with van der Waals surface area (Å²) in [7, 11) is 1.90. The van der Waals surface area contributed by atoms with Crippen LogP contribution in [0, 0.1) is 0 Å². The number of nitrogens with zero attached hydrogens (tertiary/aromatic N) is 2. The summed E-state index contributed by atoms with van der Waals surface area (Å²) in [5.41, 5.74) is 0. The Morgan fingerprint density at radius 3 is 2.87 bits per heavy atom. The van der Waals surface area contributed by atoms with Gasteiger partial charge in [0.15, 0.2) is 0 Å². The smallest absolute Gasteiger partial charge is 0.317 e. The number of carboxylic acids is 1. The van der Waals surface area contributed by atoms with Crippen molar-refractivity contribution in [2.45, 2.75) is 38.8 Å². The molecule has 2 atom stereocenters. The Labute approximate surface area is 91.9 Å². The highest BCUT2D eigenvalue weighted by Crippen LogP contribution is 2.17. The molecule has 2 unspecified atom stereocenters. The lowest BCUT2D eigenvalue weighted by Gasteiger charge is -2.25. The van der Waals surface area contributed by atoms with Crippen molar-refractivity contribution < 1.29 is 9.90 Å². The van der Waals surface area contributed by atoms with E-state index in [2.05, 4.69) is 18.7 Å². The number of rotatable bonds is 5. The highest BCUT2D eigenvalue weighted by molar-refractivity contribution is 5.69. The van der Waals surface area contributed by atoms with Gasteiger partial charge < -0.3 is 5.11 Å². The number of carbonyl (C=O) groups is 1. The lowest BCUT2D eigenvalue weighted by molar-refractivity contribution is -0.138. The van der Waals surface area contributed by atoms with E-state index in [4.69, 9.17) is 5.11 Å². The van der Waals surface area contributed by atoms with E-state index >= 15 is 0 Å². The van der Waals surface area contributed by atoms with Crippen molar-refractivity contribution in [1.29, 1.82) is 0 Å². The molecule has 0 saturated carbocycles. The fourth-order valence-electron chi connectivity index (χ4n) is 2.13. The maximum atomic E-state index is 10.6. The monoisotopic (exact) mass is 214 g/mol. The third-order valence-electron chi connectivity index (χ3n) is 3.42. The van der Waals surface area contributed by atoms with Gasteiger partial charge >= 0.3 is 5.97 Å². The summed E-state index contributed by atoms with van der Waals surface area (Å²) >= 11 is 0. The molecule has 1 saturated heterocycles. The van der Waals surface area contributed by atoms with Crippen molar-refractivity contribution in [2.24, 2.45) is 0 Å². The van der Waals surface area contributed by atoms with E-state index in [1.54, 1.807) is 0 Å². The van der Waals surface area contributed by atoms with Gasteiger partial charge in [-0.2, -0.15) is 0 Å². The van der Waals surface area contributed by atoms with E-state index in [1.807, 2.05) is 11.9 Å². The van der Waals surface area contributed by atoms with E-state index in [9.17, 15) is 4.79 Å². The zero-order valence-corrected chi connectivity index (χ0v) is 9.94. The summed E-state index contributed by atoms with van der Waals surface area (Å²) in [4.78, 5) is 15.0. The van der Waals surface area contributed by atoms with Crippen LogP contribution < -0.4 is 0 Å². The fourth-order valence-corrected chi connectivity index (χ4v) is 2.13. The van der Waals surface area contributed by atoms with E-state index < -0.39 is 5.97 Å². The Morgan fingerprint density at radius 2 is 2.33 bits per heavy atom. The second-order valence-electron chi connectivity index (χ2n) is 4.50. The lowest BCUT2D eigenvalue weighted by Crippen LogP contribution is -2.39. The molecule has 0 aromatic rings. The van der Waals surface area contributed by atoms with Crippen LogP contribution in [-0.2, 0) is 4.79 Å². The van der Waals surface area contributed by atoms with Crippen LogP contribution in [0.1, 0.15) is 26.7 Å². The van der Waals surface area contributed by atoms with E-state index in [1.165, 1.54) is 0 Å². The normalized spacial score (nSPS) is 24.7. The highest BCUT2D eigenvalue weighted by Gasteiger charge is 2.28. The van der Waals surface area contributed by atoms with E-state index in [-0.39, 0.29) is 6.54 Å². The molecule has 0 bridgehead atoms. The molecule has 0 aromatic carbocycles. The molecule has 1 fully saturated rings. The van der Waals surface area contributed by atoms with Crippen LogP contribution in [0.3, 0.4) is 0 Å². The zero-order chi connectivity index (χ0) is 11.4. The summed E-state index contributed by atoms with van der Waals surface area (Å²) < 4.78 is 0. The first-order valence-electron chi connectivity index (χ1n) is 5.70. The predicted molar refractivity (Wildman–Crippen MR) is 60.0 cm³/mol. The maximum Gasteiger partial charge on any atom is 0.317 e. The average molecular weight is 214 g/mol.